The highest BCUT2D eigenvalue weighted by molar-refractivity contribution is 5.98. The van der Waals surface area contributed by atoms with E-state index in [-0.39, 0.29) is 11.8 Å². The van der Waals surface area contributed by atoms with Gasteiger partial charge >= 0.3 is 0 Å². The van der Waals surface area contributed by atoms with Crippen LogP contribution in [0, 0.1) is 0 Å². The first-order chi connectivity index (χ1) is 11.7. The molecule has 2 amide bonds. The molecule has 1 aromatic heterocycles. The lowest BCUT2D eigenvalue weighted by Gasteiger charge is -2.11. The van der Waals surface area contributed by atoms with Crippen molar-refractivity contribution in [3.63, 3.8) is 0 Å². The van der Waals surface area contributed by atoms with Crippen molar-refractivity contribution in [3.05, 3.63) is 42.5 Å². The first-order valence-corrected chi connectivity index (χ1v) is 7.96. The minimum Gasteiger partial charge on any atom is -0.494 e. The van der Waals surface area contributed by atoms with Gasteiger partial charge in [-0.15, -0.1) is 0 Å². The summed E-state index contributed by atoms with van der Waals surface area (Å²) >= 11 is 0. The van der Waals surface area contributed by atoms with E-state index in [1.165, 1.54) is 0 Å². The van der Waals surface area contributed by atoms with E-state index >= 15 is 0 Å². The molecule has 2 aromatic rings. The van der Waals surface area contributed by atoms with Gasteiger partial charge in [0.1, 0.15) is 17.6 Å². The number of ether oxygens (including phenoxy) is 1. The zero-order chi connectivity index (χ0) is 16.9. The van der Waals surface area contributed by atoms with E-state index in [9.17, 15) is 9.59 Å². The molecule has 1 aliphatic rings. The smallest absolute Gasteiger partial charge is 0.248 e. The molecular formula is C18H19N3O3. The number of rotatable bonds is 5. The number of hydrogen-bond acceptors (Lipinski definition) is 4. The summed E-state index contributed by atoms with van der Waals surface area (Å²) < 4.78 is 5.50. The van der Waals surface area contributed by atoms with Crippen LogP contribution in [-0.4, -0.2) is 29.4 Å². The highest BCUT2D eigenvalue weighted by atomic mass is 16.5. The average Bonchev–Trinajstić information content (AvgIpc) is 3.02. The Morgan fingerprint density at radius 3 is 2.92 bits per heavy atom. The van der Waals surface area contributed by atoms with E-state index in [4.69, 9.17) is 4.74 Å². The van der Waals surface area contributed by atoms with Crippen LogP contribution in [0.5, 0.6) is 5.75 Å². The molecule has 1 aliphatic heterocycles. The lowest BCUT2D eigenvalue weighted by atomic mass is 10.1. The second-order valence-corrected chi connectivity index (χ2v) is 5.52. The minimum atomic E-state index is -0.482. The Labute approximate surface area is 140 Å². The van der Waals surface area contributed by atoms with Crippen molar-refractivity contribution in [2.75, 3.05) is 11.9 Å². The Morgan fingerprint density at radius 1 is 1.33 bits per heavy atom. The quantitative estimate of drug-likeness (QED) is 0.884. The van der Waals surface area contributed by atoms with Gasteiger partial charge < -0.3 is 15.4 Å². The maximum atomic E-state index is 12.2. The van der Waals surface area contributed by atoms with Crippen LogP contribution in [0.2, 0.25) is 0 Å². The molecule has 124 valence electrons. The predicted octanol–water partition coefficient (Wildman–Crippen LogP) is 2.36. The Hall–Kier alpha value is -2.89. The number of amides is 2. The zero-order valence-electron chi connectivity index (χ0n) is 13.4. The van der Waals surface area contributed by atoms with E-state index in [1.54, 1.807) is 6.07 Å². The number of carbonyl (C=O) groups is 2. The molecule has 0 bridgehead atoms. The lowest BCUT2D eigenvalue weighted by molar-refractivity contribution is -0.122. The molecule has 1 aromatic carbocycles. The standard InChI is InChI=1S/C18H19N3O3/c1-2-24-13-6-3-5-12(11-13)14-7-4-8-16(19-14)21-18(23)15-9-10-17(22)20-15/h3-8,11,15H,2,9-10H2,1H3,(H,20,22)(H,19,21,23). The Bertz CT molecular complexity index is 761. The Morgan fingerprint density at radius 2 is 2.17 bits per heavy atom. The summed E-state index contributed by atoms with van der Waals surface area (Å²) in [4.78, 5) is 27.9. The third-order valence-electron chi connectivity index (χ3n) is 3.75. The molecule has 3 rings (SSSR count). The summed E-state index contributed by atoms with van der Waals surface area (Å²) in [7, 11) is 0. The van der Waals surface area contributed by atoms with Gasteiger partial charge in [-0.05, 0) is 37.6 Å². The molecule has 0 saturated carbocycles. The molecule has 6 nitrogen and oxygen atoms in total. The molecule has 2 heterocycles. The first kappa shape index (κ1) is 16.0. The summed E-state index contributed by atoms with van der Waals surface area (Å²) in [5.41, 5.74) is 1.65. The van der Waals surface area contributed by atoms with Gasteiger partial charge in [0.25, 0.3) is 0 Å². The van der Waals surface area contributed by atoms with Crippen molar-refractivity contribution in [1.29, 1.82) is 0 Å². The fourth-order valence-electron chi connectivity index (χ4n) is 2.60. The average molecular weight is 325 g/mol. The van der Waals surface area contributed by atoms with Crippen LogP contribution in [0.15, 0.2) is 42.5 Å². The van der Waals surface area contributed by atoms with E-state index in [1.807, 2.05) is 43.3 Å². The van der Waals surface area contributed by atoms with Gasteiger partial charge in [0.2, 0.25) is 11.8 Å². The molecule has 0 spiro atoms. The number of hydrogen-bond donors (Lipinski definition) is 2. The Kier molecular flexibility index (Phi) is 4.74. The lowest BCUT2D eigenvalue weighted by Crippen LogP contribution is -2.37. The van der Waals surface area contributed by atoms with E-state index < -0.39 is 6.04 Å². The third kappa shape index (κ3) is 3.71. The van der Waals surface area contributed by atoms with Crippen molar-refractivity contribution in [3.8, 4) is 17.0 Å². The monoisotopic (exact) mass is 325 g/mol. The van der Waals surface area contributed by atoms with E-state index in [0.717, 1.165) is 17.0 Å². The van der Waals surface area contributed by atoms with Crippen molar-refractivity contribution in [1.82, 2.24) is 10.3 Å². The van der Waals surface area contributed by atoms with Crippen molar-refractivity contribution in [2.45, 2.75) is 25.8 Å². The number of nitrogens with zero attached hydrogens (tertiary/aromatic N) is 1. The Balaban J connectivity index is 1.75. The van der Waals surface area contributed by atoms with Gasteiger partial charge in [-0.1, -0.05) is 18.2 Å². The van der Waals surface area contributed by atoms with Crippen LogP contribution in [0.3, 0.4) is 0 Å². The number of benzene rings is 1. The number of pyridine rings is 1. The maximum absolute atomic E-state index is 12.2. The van der Waals surface area contributed by atoms with E-state index in [2.05, 4.69) is 15.6 Å². The molecule has 1 saturated heterocycles. The minimum absolute atomic E-state index is 0.0930. The number of anilines is 1. The van der Waals surface area contributed by atoms with Crippen LogP contribution in [0.25, 0.3) is 11.3 Å². The van der Waals surface area contributed by atoms with Crippen LogP contribution in [0.4, 0.5) is 5.82 Å². The van der Waals surface area contributed by atoms with Crippen LogP contribution in [0.1, 0.15) is 19.8 Å². The molecule has 24 heavy (non-hydrogen) atoms. The predicted molar refractivity (Wildman–Crippen MR) is 90.6 cm³/mol. The normalized spacial score (nSPS) is 16.5. The highest BCUT2D eigenvalue weighted by Crippen LogP contribution is 2.23. The highest BCUT2D eigenvalue weighted by Gasteiger charge is 2.27. The third-order valence-corrected chi connectivity index (χ3v) is 3.75. The number of aromatic nitrogens is 1. The van der Waals surface area contributed by atoms with E-state index in [0.29, 0.717) is 25.3 Å². The summed E-state index contributed by atoms with van der Waals surface area (Å²) in [6, 6.07) is 12.6. The maximum Gasteiger partial charge on any atom is 0.248 e. The number of carbonyl (C=O) groups excluding carboxylic acids is 2. The molecule has 1 fully saturated rings. The molecular weight excluding hydrogens is 306 g/mol. The molecule has 1 atom stereocenters. The molecule has 2 N–H and O–H groups in total. The fourth-order valence-corrected chi connectivity index (χ4v) is 2.60. The van der Waals surface area contributed by atoms with Gasteiger partial charge in [-0.3, -0.25) is 9.59 Å². The van der Waals surface area contributed by atoms with Crippen molar-refractivity contribution >= 4 is 17.6 Å². The zero-order valence-corrected chi connectivity index (χ0v) is 13.4. The van der Waals surface area contributed by atoms with Gasteiger partial charge in [0.05, 0.1) is 12.3 Å². The summed E-state index contributed by atoms with van der Waals surface area (Å²) in [6.07, 6.45) is 0.899. The van der Waals surface area contributed by atoms with Crippen molar-refractivity contribution in [2.24, 2.45) is 0 Å². The summed E-state index contributed by atoms with van der Waals surface area (Å²) in [5, 5.41) is 5.40. The first-order valence-electron chi connectivity index (χ1n) is 7.96. The van der Waals surface area contributed by atoms with Crippen LogP contribution < -0.4 is 15.4 Å². The van der Waals surface area contributed by atoms with Gasteiger partial charge in [-0.25, -0.2) is 4.98 Å². The summed E-state index contributed by atoms with van der Waals surface area (Å²) in [6.45, 7) is 2.53. The molecule has 1 unspecified atom stereocenters. The van der Waals surface area contributed by atoms with Crippen molar-refractivity contribution < 1.29 is 14.3 Å². The molecule has 0 aliphatic carbocycles. The largest absolute Gasteiger partial charge is 0.494 e. The summed E-state index contributed by atoms with van der Waals surface area (Å²) in [5.74, 6) is 0.901. The van der Waals surface area contributed by atoms with Gasteiger partial charge in [-0.2, -0.15) is 0 Å². The second kappa shape index (κ2) is 7.12. The van der Waals surface area contributed by atoms with Crippen LogP contribution >= 0.6 is 0 Å². The van der Waals surface area contributed by atoms with Crippen LogP contribution in [-0.2, 0) is 9.59 Å². The second-order valence-electron chi connectivity index (χ2n) is 5.52. The number of nitrogens with one attached hydrogen (secondary N) is 2. The SMILES string of the molecule is CCOc1cccc(-c2cccc(NC(=O)C3CCC(=O)N3)n2)c1. The molecule has 0 radical (unpaired) electrons. The van der Waals surface area contributed by atoms with Gasteiger partial charge in [0.15, 0.2) is 0 Å². The fraction of sp³-hybridized carbons (Fsp3) is 0.278. The topological polar surface area (TPSA) is 80.3 Å². The van der Waals surface area contributed by atoms with Gasteiger partial charge in [0, 0.05) is 12.0 Å². The molecule has 6 heteroatoms.